The molecule has 0 fully saturated rings. The topological polar surface area (TPSA) is 86.8 Å². The monoisotopic (exact) mass is 384 g/mol. The number of nitrogens with zero attached hydrogens (tertiary/aromatic N) is 1. The average molecular weight is 385 g/mol. The fraction of sp³-hybridized carbons (Fsp3) is 0.650. The van der Waals surface area contributed by atoms with Crippen LogP contribution in [0.25, 0.3) is 0 Å². The van der Waals surface area contributed by atoms with Crippen LogP contribution in [-0.2, 0) is 24.3 Å². The van der Waals surface area contributed by atoms with E-state index in [0.29, 0.717) is 13.0 Å². The fourth-order valence-corrected chi connectivity index (χ4v) is 2.65. The zero-order valence-electron chi connectivity index (χ0n) is 16.9. The Morgan fingerprint density at radius 2 is 1.92 bits per heavy atom. The molecule has 0 aromatic heterocycles. The van der Waals surface area contributed by atoms with Crippen LogP contribution < -0.4 is 5.73 Å². The lowest BCUT2D eigenvalue weighted by molar-refractivity contribution is -0.137. The van der Waals surface area contributed by atoms with Gasteiger partial charge in [0.2, 0.25) is 0 Å². The molecule has 0 bridgehead atoms. The lowest BCUT2D eigenvalue weighted by Crippen LogP contribution is -2.26. The molecule has 2 rings (SSSR count). The number of carboxylic acid groups (broad SMARTS) is 1. The molecule has 0 radical (unpaired) electrons. The zero-order chi connectivity index (χ0) is 20.2. The van der Waals surface area contributed by atoms with Gasteiger partial charge in [-0.15, -0.1) is 0 Å². The summed E-state index contributed by atoms with van der Waals surface area (Å²) >= 11 is 0.750. The third-order valence-electron chi connectivity index (χ3n) is 4.03. The van der Waals surface area contributed by atoms with Crippen LogP contribution in [0.2, 0.25) is 0 Å². The number of carboxylic acids is 1. The molecule has 0 saturated heterocycles. The Kier molecular flexibility index (Phi) is 12.6. The first-order valence-corrected chi connectivity index (χ1v) is 10.2. The summed E-state index contributed by atoms with van der Waals surface area (Å²) in [7, 11) is 2.16. The van der Waals surface area contributed by atoms with Crippen molar-refractivity contribution in [2.75, 3.05) is 19.8 Å². The van der Waals surface area contributed by atoms with E-state index >= 15 is 0 Å². The lowest BCUT2D eigenvalue weighted by Gasteiger charge is -2.25. The number of benzene rings is 1. The maximum Gasteiger partial charge on any atom is 0.303 e. The molecule has 0 amide bonds. The van der Waals surface area contributed by atoms with Crippen molar-refractivity contribution in [3.8, 4) is 0 Å². The minimum Gasteiger partial charge on any atom is -0.481 e. The van der Waals surface area contributed by atoms with Gasteiger partial charge in [0.05, 0.1) is 0 Å². The summed E-state index contributed by atoms with van der Waals surface area (Å²) in [5.41, 5.74) is 10.1. The third-order valence-corrected chi connectivity index (χ3v) is 4.03. The zero-order valence-corrected chi connectivity index (χ0v) is 17.7. The Hall–Kier alpha value is -1.08. The highest BCUT2D eigenvalue weighted by Gasteiger charge is 2.12. The minimum atomic E-state index is -0.691. The van der Waals surface area contributed by atoms with Crippen molar-refractivity contribution in [1.82, 2.24) is 4.90 Å². The van der Waals surface area contributed by atoms with E-state index < -0.39 is 5.97 Å². The molecule has 1 aliphatic heterocycles. The van der Waals surface area contributed by atoms with Crippen molar-refractivity contribution in [3.05, 3.63) is 34.9 Å². The minimum absolute atomic E-state index is 0.273. The molecule has 0 aliphatic carbocycles. The third kappa shape index (κ3) is 12.3. The molecule has 26 heavy (non-hydrogen) atoms. The average Bonchev–Trinajstić information content (AvgIpc) is 2.54. The van der Waals surface area contributed by atoms with E-state index in [-0.39, 0.29) is 5.41 Å². The maximum atomic E-state index is 10.1. The van der Waals surface area contributed by atoms with Crippen LogP contribution in [0, 0.1) is 5.41 Å². The number of hydrogen-bond donors (Lipinski definition) is 3. The van der Waals surface area contributed by atoms with Crippen LogP contribution in [-0.4, -0.2) is 40.4 Å². The number of carbonyl (C=O) groups is 1. The van der Waals surface area contributed by atoms with E-state index in [1.165, 1.54) is 29.7 Å². The summed E-state index contributed by atoms with van der Waals surface area (Å²) in [4.78, 5) is 12.4. The van der Waals surface area contributed by atoms with Gasteiger partial charge in [-0.2, -0.15) is 0 Å². The summed E-state index contributed by atoms with van der Waals surface area (Å²) in [5, 5.41) is 8.31. The standard InChI is InChI=1S/C11H16N2.C8H16O2.CH4OS/c1-13-5-4-10-3-2-9(7-12)6-11(10)8-13;1-8(2,3)6-4-5-7(9)10;1-3-2/h2-3,6H,4-5,7-8,12H2,1H3;4-6H2,1-3H3,(H,9,10);2H,1H3. The predicted molar refractivity (Wildman–Crippen MR) is 111 cm³/mol. The Balaban J connectivity index is 0.000000432. The molecular weight excluding hydrogens is 348 g/mol. The van der Waals surface area contributed by atoms with Gasteiger partial charge in [-0.1, -0.05) is 39.0 Å². The smallest absolute Gasteiger partial charge is 0.303 e. The number of rotatable bonds is 4. The molecule has 1 aromatic rings. The summed E-state index contributed by atoms with van der Waals surface area (Å²) in [6, 6.07) is 6.61. The van der Waals surface area contributed by atoms with Gasteiger partial charge >= 0.3 is 5.97 Å². The maximum absolute atomic E-state index is 10.1. The number of likely N-dealkylation sites (N-methyl/N-ethyl adjacent to an activating group) is 1. The lowest BCUT2D eigenvalue weighted by atomic mass is 9.90. The van der Waals surface area contributed by atoms with Crippen LogP contribution in [0.15, 0.2) is 18.2 Å². The van der Waals surface area contributed by atoms with Crippen molar-refractivity contribution in [3.63, 3.8) is 0 Å². The summed E-state index contributed by atoms with van der Waals surface area (Å²) < 4.78 is 7.49. The molecule has 0 spiro atoms. The highest BCUT2D eigenvalue weighted by atomic mass is 32.2. The molecule has 0 atom stereocenters. The predicted octanol–water partition coefficient (Wildman–Crippen LogP) is 4.24. The molecule has 1 aromatic carbocycles. The van der Waals surface area contributed by atoms with Crippen LogP contribution in [0.5, 0.6) is 0 Å². The van der Waals surface area contributed by atoms with Gasteiger partial charge in [-0.3, -0.25) is 4.79 Å². The van der Waals surface area contributed by atoms with E-state index in [4.69, 9.17) is 15.4 Å². The van der Waals surface area contributed by atoms with E-state index in [1.54, 1.807) is 6.26 Å². The molecule has 1 aliphatic rings. The second-order valence-corrected chi connectivity index (χ2v) is 8.15. The Morgan fingerprint density at radius 3 is 2.42 bits per heavy atom. The van der Waals surface area contributed by atoms with Gasteiger partial charge < -0.3 is 20.3 Å². The number of fused-ring (bicyclic) bond motifs is 1. The molecule has 4 N–H and O–H groups in total. The van der Waals surface area contributed by atoms with E-state index in [9.17, 15) is 4.79 Å². The van der Waals surface area contributed by atoms with Gasteiger partial charge in [-0.25, -0.2) is 0 Å². The number of aliphatic carboxylic acids is 1. The van der Waals surface area contributed by atoms with Gasteiger partial charge in [-0.05, 0) is 60.5 Å². The Labute approximate surface area is 163 Å². The second-order valence-electron chi connectivity index (χ2n) is 7.79. The highest BCUT2D eigenvalue weighted by Crippen LogP contribution is 2.21. The summed E-state index contributed by atoms with van der Waals surface area (Å²) in [6.07, 6.45) is 4.85. The van der Waals surface area contributed by atoms with E-state index in [2.05, 4.69) is 50.9 Å². The van der Waals surface area contributed by atoms with Crippen LogP contribution in [0.4, 0.5) is 0 Å². The van der Waals surface area contributed by atoms with Crippen molar-refractivity contribution in [2.45, 2.75) is 59.5 Å². The van der Waals surface area contributed by atoms with Crippen molar-refractivity contribution < 1.29 is 14.5 Å². The number of hydrogen-bond acceptors (Lipinski definition) is 5. The van der Waals surface area contributed by atoms with E-state index in [0.717, 1.165) is 31.4 Å². The van der Waals surface area contributed by atoms with Gasteiger partial charge in [0.1, 0.15) is 0 Å². The van der Waals surface area contributed by atoms with Crippen LogP contribution in [0.1, 0.15) is 56.7 Å². The van der Waals surface area contributed by atoms with Crippen LogP contribution >= 0.6 is 12.0 Å². The quantitative estimate of drug-likeness (QED) is 0.673. The van der Waals surface area contributed by atoms with Crippen LogP contribution in [0.3, 0.4) is 0 Å². The molecular formula is C20H36N2O3S. The number of nitrogens with two attached hydrogens (primary N) is 1. The first-order chi connectivity index (χ1) is 12.1. The normalized spacial score (nSPS) is 13.7. The molecule has 5 nitrogen and oxygen atoms in total. The fourth-order valence-electron chi connectivity index (χ4n) is 2.65. The highest BCUT2D eigenvalue weighted by molar-refractivity contribution is 7.93. The van der Waals surface area contributed by atoms with Crippen molar-refractivity contribution in [2.24, 2.45) is 11.1 Å². The molecule has 0 saturated carbocycles. The van der Waals surface area contributed by atoms with E-state index in [1.807, 2.05) is 0 Å². The van der Waals surface area contributed by atoms with Gasteiger partial charge in [0.15, 0.2) is 0 Å². The van der Waals surface area contributed by atoms with Gasteiger partial charge in [0, 0.05) is 32.3 Å². The summed E-state index contributed by atoms with van der Waals surface area (Å²) in [5.74, 6) is -0.691. The first kappa shape index (κ1) is 24.9. The Bertz CT molecular complexity index is 530. The van der Waals surface area contributed by atoms with Crippen molar-refractivity contribution >= 4 is 18.0 Å². The molecule has 1 heterocycles. The Morgan fingerprint density at radius 1 is 1.31 bits per heavy atom. The first-order valence-electron chi connectivity index (χ1n) is 9.01. The van der Waals surface area contributed by atoms with Crippen molar-refractivity contribution in [1.29, 1.82) is 0 Å². The van der Waals surface area contributed by atoms with Gasteiger partial charge in [0.25, 0.3) is 0 Å². The summed E-state index contributed by atoms with van der Waals surface area (Å²) in [6.45, 7) is 9.26. The molecule has 6 heteroatoms. The molecule has 150 valence electrons. The largest absolute Gasteiger partial charge is 0.481 e. The SMILES string of the molecule is CC(C)(C)CCCC(=O)O.CN1CCc2ccc(CN)cc2C1.CSO. The second kappa shape index (κ2) is 13.1. The molecule has 0 unspecified atom stereocenters.